The third-order valence-corrected chi connectivity index (χ3v) is 8.11. The number of benzene rings is 2. The average Bonchev–Trinajstić information content (AvgIpc) is 2.88. The van der Waals surface area contributed by atoms with Crippen LogP contribution in [0.25, 0.3) is 10.9 Å². The maximum Gasteiger partial charge on any atom is 0.303 e. The van der Waals surface area contributed by atoms with Crippen molar-refractivity contribution in [3.63, 3.8) is 0 Å². The van der Waals surface area contributed by atoms with Crippen molar-refractivity contribution in [3.8, 4) is 5.75 Å². The summed E-state index contributed by atoms with van der Waals surface area (Å²) in [5, 5.41) is 10.2. The van der Waals surface area contributed by atoms with Crippen LogP contribution in [0.1, 0.15) is 37.3 Å². The SMILES string of the molecule is COc1ccc2ncc(F)c([C@H](N)CCC3CCN(CCSc4ccccc4)CC3CC(=O)O)c2c1. The average molecular weight is 512 g/mol. The van der Waals surface area contributed by atoms with Gasteiger partial charge >= 0.3 is 5.97 Å². The molecule has 0 spiro atoms. The minimum Gasteiger partial charge on any atom is -0.497 e. The molecule has 6 nitrogen and oxygen atoms in total. The van der Waals surface area contributed by atoms with E-state index < -0.39 is 17.8 Å². The van der Waals surface area contributed by atoms with Gasteiger partial charge in [-0.2, -0.15) is 0 Å². The number of nitrogens with zero attached hydrogens (tertiary/aromatic N) is 2. The second-order valence-electron chi connectivity index (χ2n) is 9.46. The number of carboxylic acid groups (broad SMARTS) is 1. The fourth-order valence-corrected chi connectivity index (χ4v) is 6.15. The fourth-order valence-electron chi connectivity index (χ4n) is 5.21. The smallest absolute Gasteiger partial charge is 0.303 e. The highest BCUT2D eigenvalue weighted by Crippen LogP contribution is 2.35. The molecule has 1 aliphatic heterocycles. The lowest BCUT2D eigenvalue weighted by Crippen LogP contribution is -2.42. The van der Waals surface area contributed by atoms with Crippen LogP contribution >= 0.6 is 11.8 Å². The first-order chi connectivity index (χ1) is 17.4. The van der Waals surface area contributed by atoms with Gasteiger partial charge < -0.3 is 20.5 Å². The Morgan fingerprint density at radius 2 is 2.08 bits per heavy atom. The number of ether oxygens (including phenoxy) is 1. The van der Waals surface area contributed by atoms with Crippen molar-refractivity contribution < 1.29 is 19.0 Å². The van der Waals surface area contributed by atoms with Crippen LogP contribution in [0.4, 0.5) is 4.39 Å². The summed E-state index contributed by atoms with van der Waals surface area (Å²) in [4.78, 5) is 19.4. The summed E-state index contributed by atoms with van der Waals surface area (Å²) < 4.78 is 20.2. The van der Waals surface area contributed by atoms with Gasteiger partial charge in [0.2, 0.25) is 0 Å². The minimum atomic E-state index is -0.770. The first-order valence-corrected chi connectivity index (χ1v) is 13.4. The van der Waals surface area contributed by atoms with E-state index in [-0.39, 0.29) is 18.3 Å². The second kappa shape index (κ2) is 12.5. The van der Waals surface area contributed by atoms with Crippen LogP contribution in [0.2, 0.25) is 0 Å². The molecule has 3 N–H and O–H groups in total. The highest BCUT2D eigenvalue weighted by atomic mass is 32.2. The molecule has 192 valence electrons. The molecule has 2 heterocycles. The molecular weight excluding hydrogens is 477 g/mol. The molecule has 0 bridgehead atoms. The van der Waals surface area contributed by atoms with Crippen LogP contribution in [-0.4, -0.2) is 53.5 Å². The van der Waals surface area contributed by atoms with Gasteiger partial charge in [-0.1, -0.05) is 18.2 Å². The van der Waals surface area contributed by atoms with Crippen molar-refractivity contribution in [1.29, 1.82) is 0 Å². The maximum atomic E-state index is 14.8. The summed E-state index contributed by atoms with van der Waals surface area (Å²) in [6.45, 7) is 2.64. The molecular formula is C28H34FN3O3S. The molecule has 8 heteroatoms. The highest BCUT2D eigenvalue weighted by Gasteiger charge is 2.31. The molecule has 36 heavy (non-hydrogen) atoms. The summed E-state index contributed by atoms with van der Waals surface area (Å²) in [7, 11) is 1.57. The van der Waals surface area contributed by atoms with Gasteiger partial charge in [0.15, 0.2) is 0 Å². The number of carboxylic acids is 1. The predicted octanol–water partition coefficient (Wildman–Crippen LogP) is 5.37. The topological polar surface area (TPSA) is 88.7 Å². The van der Waals surface area contributed by atoms with Gasteiger partial charge in [0, 0.05) is 47.2 Å². The third kappa shape index (κ3) is 6.75. The molecule has 0 radical (unpaired) electrons. The molecule has 3 aromatic rings. The highest BCUT2D eigenvalue weighted by molar-refractivity contribution is 7.99. The van der Waals surface area contributed by atoms with Crippen LogP contribution in [0, 0.1) is 17.7 Å². The first-order valence-electron chi connectivity index (χ1n) is 12.4. The van der Waals surface area contributed by atoms with Crippen LogP contribution in [0.3, 0.4) is 0 Å². The van der Waals surface area contributed by atoms with Crippen molar-refractivity contribution in [3.05, 3.63) is 66.1 Å². The molecule has 2 unspecified atom stereocenters. The van der Waals surface area contributed by atoms with Gasteiger partial charge in [0.05, 0.1) is 18.8 Å². The van der Waals surface area contributed by atoms with Gasteiger partial charge in [0.1, 0.15) is 11.6 Å². The molecule has 0 aliphatic carbocycles. The van der Waals surface area contributed by atoms with Crippen molar-refractivity contribution in [1.82, 2.24) is 9.88 Å². The van der Waals surface area contributed by atoms with Gasteiger partial charge in [-0.15, -0.1) is 11.8 Å². The quantitative estimate of drug-likeness (QED) is 0.335. The molecule has 1 aromatic heterocycles. The summed E-state index contributed by atoms with van der Waals surface area (Å²) in [6, 6.07) is 15.2. The number of hydrogen-bond acceptors (Lipinski definition) is 6. The molecule has 4 rings (SSSR count). The van der Waals surface area contributed by atoms with E-state index in [1.165, 1.54) is 11.1 Å². The number of nitrogens with two attached hydrogens (primary N) is 1. The van der Waals surface area contributed by atoms with Crippen molar-refractivity contribution in [2.75, 3.05) is 32.5 Å². The predicted molar refractivity (Wildman–Crippen MR) is 142 cm³/mol. The van der Waals surface area contributed by atoms with Crippen LogP contribution in [0.15, 0.2) is 59.6 Å². The lowest BCUT2D eigenvalue weighted by Gasteiger charge is -2.38. The number of aromatic nitrogens is 1. The van der Waals surface area contributed by atoms with Gasteiger partial charge in [-0.3, -0.25) is 9.78 Å². The lowest BCUT2D eigenvalue weighted by molar-refractivity contribution is -0.139. The molecule has 3 atom stereocenters. The Bertz CT molecular complexity index is 1160. The van der Waals surface area contributed by atoms with E-state index >= 15 is 0 Å². The zero-order chi connectivity index (χ0) is 25.5. The zero-order valence-corrected chi connectivity index (χ0v) is 21.4. The van der Waals surface area contributed by atoms with E-state index in [2.05, 4.69) is 22.0 Å². The van der Waals surface area contributed by atoms with E-state index in [9.17, 15) is 14.3 Å². The Kier molecular flexibility index (Phi) is 9.18. The third-order valence-electron chi connectivity index (χ3n) is 7.12. The number of pyridine rings is 1. The Labute approximate surface area is 216 Å². The number of aliphatic carboxylic acids is 1. The number of methoxy groups -OCH3 is 1. The number of piperidine rings is 1. The molecule has 1 saturated heterocycles. The number of fused-ring (bicyclic) bond motifs is 1. The van der Waals surface area contributed by atoms with Crippen LogP contribution in [-0.2, 0) is 4.79 Å². The Morgan fingerprint density at radius 1 is 1.28 bits per heavy atom. The molecule has 1 aliphatic rings. The van der Waals surface area contributed by atoms with Gasteiger partial charge in [0.25, 0.3) is 0 Å². The normalized spacial score (nSPS) is 19.3. The summed E-state index contributed by atoms with van der Waals surface area (Å²) >= 11 is 1.82. The lowest BCUT2D eigenvalue weighted by atomic mass is 9.79. The minimum absolute atomic E-state index is 0.0595. The van der Waals surface area contributed by atoms with Crippen LogP contribution in [0.5, 0.6) is 5.75 Å². The Morgan fingerprint density at radius 3 is 2.83 bits per heavy atom. The Balaban J connectivity index is 1.38. The number of thioether (sulfide) groups is 1. The van der Waals surface area contributed by atoms with E-state index in [1.54, 1.807) is 25.3 Å². The molecule has 2 aromatic carbocycles. The number of likely N-dealkylation sites (tertiary alicyclic amines) is 1. The van der Waals surface area contributed by atoms with E-state index in [4.69, 9.17) is 10.5 Å². The van der Waals surface area contributed by atoms with Crippen molar-refractivity contribution in [2.24, 2.45) is 17.6 Å². The molecule has 1 fully saturated rings. The molecule has 0 amide bonds. The standard InChI is InChI=1S/C28H34FN3O3S/c1-35-21-8-10-26-23(16-21)28(24(29)17-31-26)25(30)9-7-19-11-12-32(18-20(19)15-27(33)34)13-14-36-22-5-3-2-4-6-22/h2-6,8,10,16-17,19-20,25H,7,9,11-15,18,30H2,1H3,(H,33,34)/t19?,20?,25-/m1/s1. The fraction of sp³-hybridized carbons (Fsp3) is 0.429. The summed E-state index contributed by atoms with van der Waals surface area (Å²) in [5.74, 6) is 0.712. The van der Waals surface area contributed by atoms with Crippen molar-refractivity contribution >= 4 is 28.6 Å². The number of rotatable bonds is 11. The van der Waals surface area contributed by atoms with E-state index in [1.807, 2.05) is 30.0 Å². The zero-order valence-electron chi connectivity index (χ0n) is 20.6. The van der Waals surface area contributed by atoms with Crippen molar-refractivity contribution in [2.45, 2.75) is 36.6 Å². The van der Waals surface area contributed by atoms with Crippen LogP contribution < -0.4 is 10.5 Å². The number of hydrogen-bond donors (Lipinski definition) is 2. The molecule has 0 saturated carbocycles. The first kappa shape index (κ1) is 26.4. The summed E-state index contributed by atoms with van der Waals surface area (Å²) in [5.41, 5.74) is 7.65. The second-order valence-corrected chi connectivity index (χ2v) is 10.6. The largest absolute Gasteiger partial charge is 0.497 e. The monoisotopic (exact) mass is 511 g/mol. The number of halogens is 1. The van der Waals surface area contributed by atoms with Gasteiger partial charge in [-0.25, -0.2) is 4.39 Å². The summed E-state index contributed by atoms with van der Waals surface area (Å²) in [6.07, 6.45) is 3.64. The Hall–Kier alpha value is -2.68. The van der Waals surface area contributed by atoms with Gasteiger partial charge in [-0.05, 0) is 68.0 Å². The van der Waals surface area contributed by atoms with E-state index in [0.717, 1.165) is 38.2 Å². The maximum absolute atomic E-state index is 14.8. The number of carbonyl (C=O) groups is 1. The van der Waals surface area contributed by atoms with E-state index in [0.29, 0.717) is 28.6 Å².